The molecule has 0 amide bonds. The normalized spacial score (nSPS) is 44.9. The van der Waals surface area contributed by atoms with Crippen LogP contribution in [-0.4, -0.2) is 130 Å². The highest BCUT2D eigenvalue weighted by Crippen LogP contribution is 2.39. The molecule has 6 aliphatic heterocycles. The summed E-state index contributed by atoms with van der Waals surface area (Å²) in [6.45, 7) is 11.8. The molecule has 4 N–H and O–H groups in total. The largest absolute Gasteiger partial charge is 0.459 e. The summed E-state index contributed by atoms with van der Waals surface area (Å²) in [6, 6.07) is 0. The fourth-order valence-corrected chi connectivity index (χ4v) is 9.36. The van der Waals surface area contributed by atoms with Gasteiger partial charge in [-0.1, -0.05) is 57.2 Å². The van der Waals surface area contributed by atoms with E-state index in [9.17, 15) is 30.0 Å². The van der Waals surface area contributed by atoms with Gasteiger partial charge >= 0.3 is 11.9 Å². The van der Waals surface area contributed by atoms with Crippen molar-refractivity contribution in [3.63, 3.8) is 0 Å². The Morgan fingerprint density at radius 2 is 1.28 bits per heavy atom. The van der Waals surface area contributed by atoms with E-state index >= 15 is 0 Å². The van der Waals surface area contributed by atoms with Gasteiger partial charge in [0.05, 0.1) is 48.8 Å². The Morgan fingerprint density at radius 1 is 0.689 bits per heavy atom. The van der Waals surface area contributed by atoms with Crippen LogP contribution in [0.3, 0.4) is 0 Å². The minimum absolute atomic E-state index is 0.0120. The van der Waals surface area contributed by atoms with Crippen molar-refractivity contribution in [2.24, 2.45) is 17.8 Å². The second-order valence-electron chi connectivity index (χ2n) is 18.4. The number of aliphatic hydroxyl groups excluding tert-OH is 3. The molecule has 61 heavy (non-hydrogen) atoms. The molecule has 0 bridgehead atoms. The second-order valence-corrected chi connectivity index (χ2v) is 18.4. The Labute approximate surface area is 360 Å². The van der Waals surface area contributed by atoms with Crippen LogP contribution in [-0.2, 0) is 52.2 Å². The predicted molar refractivity (Wildman–Crippen MR) is 220 cm³/mol. The van der Waals surface area contributed by atoms with E-state index in [1.54, 1.807) is 31.2 Å². The maximum Gasteiger partial charge on any atom is 0.331 e. The first-order valence-corrected chi connectivity index (χ1v) is 22.5. The highest BCUT2D eigenvalue weighted by atomic mass is 16.8. The van der Waals surface area contributed by atoms with E-state index in [2.05, 4.69) is 13.8 Å². The molecule has 15 nitrogen and oxygen atoms in total. The number of hydrogen-bond donors (Lipinski definition) is 4. The van der Waals surface area contributed by atoms with Crippen LogP contribution in [0.2, 0.25) is 0 Å². The Morgan fingerprint density at radius 3 is 1.93 bits per heavy atom. The molecule has 15 heteroatoms. The number of epoxide rings is 1. The number of allylic oxidation sites excluding steroid dienone is 4. The second kappa shape index (κ2) is 21.9. The molecule has 0 saturated carbocycles. The molecule has 6 heterocycles. The topological polar surface area (TPSA) is 201 Å². The first-order valence-electron chi connectivity index (χ1n) is 22.5. The number of fused-ring (bicyclic) bond motifs is 1. The van der Waals surface area contributed by atoms with Gasteiger partial charge in [0.2, 0.25) is 0 Å². The molecular formula is C46H70O15. The molecule has 0 radical (unpaired) electrons. The maximum absolute atomic E-state index is 13.1. The van der Waals surface area contributed by atoms with Gasteiger partial charge in [-0.15, -0.1) is 0 Å². The van der Waals surface area contributed by atoms with Crippen LogP contribution in [0.25, 0.3) is 0 Å². The average molecular weight is 863 g/mol. The first kappa shape index (κ1) is 47.9. The summed E-state index contributed by atoms with van der Waals surface area (Å²) in [4.78, 5) is 26.1. The van der Waals surface area contributed by atoms with E-state index in [4.69, 9.17) is 42.6 Å². The monoisotopic (exact) mass is 862 g/mol. The fraction of sp³-hybridized carbons (Fsp3) is 0.783. The van der Waals surface area contributed by atoms with Gasteiger partial charge in [-0.3, -0.25) is 0 Å². The number of aliphatic hydroxyl groups is 4. The lowest BCUT2D eigenvalue weighted by molar-refractivity contribution is -0.310. The van der Waals surface area contributed by atoms with Crippen molar-refractivity contribution in [1.29, 1.82) is 0 Å². The molecule has 0 spiro atoms. The summed E-state index contributed by atoms with van der Waals surface area (Å²) < 4.78 is 53.7. The van der Waals surface area contributed by atoms with Crippen LogP contribution in [0.5, 0.6) is 0 Å². The van der Waals surface area contributed by atoms with Crippen molar-refractivity contribution in [3.05, 3.63) is 48.6 Å². The van der Waals surface area contributed by atoms with E-state index in [0.29, 0.717) is 38.5 Å². The van der Waals surface area contributed by atoms with E-state index in [1.807, 2.05) is 32.9 Å². The lowest BCUT2D eigenvalue weighted by Gasteiger charge is -2.43. The molecular weight excluding hydrogens is 792 g/mol. The SMILES string of the molecule is CC1OC(O[C@H]2C[C@@H](C)O[C@@](O)(CC[C@H](C)C3C/C=C/C=C/C(=O)OC([C@@H](C)C[C@H](C)C4C[C@@H](OC5CC(O)C6OC6O5)C[C@@H](C)O4)C/C=C/C=C/C(=O)O3)C2)CC(O)C1O. The minimum atomic E-state index is -1.48. The highest BCUT2D eigenvalue weighted by Gasteiger charge is 2.52. The highest BCUT2D eigenvalue weighted by molar-refractivity contribution is 5.83. The molecule has 5 fully saturated rings. The molecule has 11 unspecified atom stereocenters. The minimum Gasteiger partial charge on any atom is -0.459 e. The van der Waals surface area contributed by atoms with Gasteiger partial charge in [-0.25, -0.2) is 9.59 Å². The number of hydrogen-bond acceptors (Lipinski definition) is 15. The number of ether oxygens (including phenoxy) is 9. The van der Waals surface area contributed by atoms with Crippen molar-refractivity contribution in [2.75, 3.05) is 0 Å². The van der Waals surface area contributed by atoms with Crippen molar-refractivity contribution in [3.8, 4) is 0 Å². The van der Waals surface area contributed by atoms with Crippen LogP contribution in [0.1, 0.15) is 112 Å². The third-order valence-corrected chi connectivity index (χ3v) is 12.9. The number of carbonyl (C=O) groups is 2. The van der Waals surface area contributed by atoms with E-state index in [0.717, 1.165) is 12.8 Å². The van der Waals surface area contributed by atoms with Gasteiger partial charge in [0, 0.05) is 57.1 Å². The summed E-state index contributed by atoms with van der Waals surface area (Å²) in [7, 11) is 0. The van der Waals surface area contributed by atoms with Crippen LogP contribution < -0.4 is 0 Å². The van der Waals surface area contributed by atoms with Gasteiger partial charge in [0.15, 0.2) is 24.7 Å². The molecule has 0 aromatic carbocycles. The molecule has 6 aliphatic rings. The summed E-state index contributed by atoms with van der Waals surface area (Å²) in [5, 5.41) is 42.1. The first-order chi connectivity index (χ1) is 29.0. The molecule has 19 atom stereocenters. The van der Waals surface area contributed by atoms with Gasteiger partial charge in [-0.05, 0) is 64.2 Å². The quantitative estimate of drug-likeness (QED) is 0.154. The van der Waals surface area contributed by atoms with E-state index in [1.165, 1.54) is 12.2 Å². The van der Waals surface area contributed by atoms with Crippen LogP contribution in [0.4, 0.5) is 0 Å². The van der Waals surface area contributed by atoms with Crippen LogP contribution >= 0.6 is 0 Å². The lowest BCUT2D eigenvalue weighted by Crippen LogP contribution is -2.51. The third-order valence-electron chi connectivity index (χ3n) is 12.9. The Hall–Kier alpha value is -2.54. The standard InChI is InChI=1S/C46H70O15/c1-26(17-18-46(52)25-33(21-30(5)61-46)56-41-23-34(47)43(51)31(6)54-41)36-13-9-7-11-16-40(50)58-37(14-10-8-12-15-39(49)57-36)27(2)19-28(3)38-22-32(20-29(4)53-38)55-42-24-35(48)44-45(59-42)60-44/h7-12,15-16,26-38,41-45,47-48,51-52H,13-14,17-25H2,1-6H3/b9-7+,10-8+,15-12+,16-11+/t26-,27-,28-,29+,30+,31?,32-,33-,34?,35?,36?,37?,38?,41?,42?,43?,44?,45?,46-/m0/s1. The van der Waals surface area contributed by atoms with Crippen molar-refractivity contribution in [1.82, 2.24) is 0 Å². The molecule has 344 valence electrons. The van der Waals surface area contributed by atoms with Gasteiger partial charge in [0.25, 0.3) is 0 Å². The van der Waals surface area contributed by atoms with Crippen molar-refractivity contribution < 1.29 is 72.6 Å². The van der Waals surface area contributed by atoms with Gasteiger partial charge < -0.3 is 63.1 Å². The van der Waals surface area contributed by atoms with E-state index in [-0.39, 0.29) is 79.9 Å². The number of cyclic esters (lactones) is 2. The number of carbonyl (C=O) groups excluding carboxylic acids is 2. The summed E-state index contributed by atoms with van der Waals surface area (Å²) in [5.74, 6) is -2.48. The Kier molecular flexibility index (Phi) is 17.2. The number of rotatable bonds is 12. The van der Waals surface area contributed by atoms with Gasteiger partial charge in [-0.2, -0.15) is 0 Å². The zero-order valence-corrected chi connectivity index (χ0v) is 36.6. The maximum atomic E-state index is 13.1. The van der Waals surface area contributed by atoms with Crippen molar-refractivity contribution >= 4 is 11.9 Å². The van der Waals surface area contributed by atoms with Crippen LogP contribution in [0.15, 0.2) is 48.6 Å². The predicted octanol–water partition coefficient (Wildman–Crippen LogP) is 4.82. The van der Waals surface area contributed by atoms with Crippen molar-refractivity contribution in [2.45, 2.75) is 210 Å². The lowest BCUT2D eigenvalue weighted by atomic mass is 9.84. The summed E-state index contributed by atoms with van der Waals surface area (Å²) in [5.41, 5.74) is 0. The summed E-state index contributed by atoms with van der Waals surface area (Å²) in [6.07, 6.45) is 11.4. The van der Waals surface area contributed by atoms with E-state index < -0.39 is 66.9 Å². The smallest absolute Gasteiger partial charge is 0.331 e. The molecule has 0 aromatic heterocycles. The zero-order valence-electron chi connectivity index (χ0n) is 36.6. The zero-order chi connectivity index (χ0) is 43.8. The third kappa shape index (κ3) is 14.2. The Balaban J connectivity index is 0.994. The number of esters is 2. The summed E-state index contributed by atoms with van der Waals surface area (Å²) >= 11 is 0. The molecule has 5 saturated heterocycles. The molecule has 0 aliphatic carbocycles. The average Bonchev–Trinajstić information content (AvgIpc) is 3.97. The molecule has 0 aromatic rings. The Bertz CT molecular complexity index is 1540. The molecule has 6 rings (SSSR count). The van der Waals surface area contributed by atoms with Crippen LogP contribution in [0, 0.1) is 17.8 Å². The van der Waals surface area contributed by atoms with Gasteiger partial charge in [0.1, 0.15) is 24.4 Å². The fourth-order valence-electron chi connectivity index (χ4n) is 9.36.